The van der Waals surface area contributed by atoms with Gasteiger partial charge in [0.15, 0.2) is 23.1 Å². The first-order valence-corrected chi connectivity index (χ1v) is 14.1. The zero-order valence-corrected chi connectivity index (χ0v) is 23.4. The Morgan fingerprint density at radius 3 is 2.14 bits per heavy atom. The average Bonchev–Trinajstić information content (AvgIpc) is 2.89. The van der Waals surface area contributed by atoms with Crippen LogP contribution in [0.5, 0.6) is 11.5 Å². The number of halogens is 1. The molecule has 2 aromatic carbocycles. The van der Waals surface area contributed by atoms with Crippen LogP contribution in [-0.4, -0.2) is 30.1 Å². The molecule has 1 aliphatic heterocycles. The Kier molecular flexibility index (Phi) is 7.57. The lowest BCUT2D eigenvalue weighted by Crippen LogP contribution is -2.39. The second-order valence-corrected chi connectivity index (χ2v) is 11.0. The van der Waals surface area contributed by atoms with Gasteiger partial charge >= 0.3 is 0 Å². The van der Waals surface area contributed by atoms with Crippen LogP contribution >= 0.6 is 15.9 Å². The van der Waals surface area contributed by atoms with Crippen molar-refractivity contribution >= 4 is 27.5 Å². The van der Waals surface area contributed by atoms with Crippen LogP contribution in [0, 0.1) is 6.92 Å². The van der Waals surface area contributed by atoms with Gasteiger partial charge in [-0.25, -0.2) is 0 Å². The van der Waals surface area contributed by atoms with Gasteiger partial charge in [-0.15, -0.1) is 0 Å². The van der Waals surface area contributed by atoms with Crippen LogP contribution < -0.4 is 9.47 Å². The van der Waals surface area contributed by atoms with Crippen LogP contribution in [0.2, 0.25) is 0 Å². The van der Waals surface area contributed by atoms with Gasteiger partial charge in [0.05, 0.1) is 11.6 Å². The maximum atomic E-state index is 13.4. The summed E-state index contributed by atoms with van der Waals surface area (Å²) in [5.41, 5.74) is 7.00. The lowest BCUT2D eigenvalue weighted by atomic mass is 9.71. The van der Waals surface area contributed by atoms with E-state index in [-0.39, 0.29) is 17.5 Å². The van der Waals surface area contributed by atoms with Crippen molar-refractivity contribution in [2.75, 3.05) is 13.7 Å². The zero-order chi connectivity index (χ0) is 26.1. The molecule has 5 rings (SSSR count). The van der Waals surface area contributed by atoms with Gasteiger partial charge in [0.25, 0.3) is 0 Å². The summed E-state index contributed by atoms with van der Waals surface area (Å²) >= 11 is 3.72. The Labute approximate surface area is 227 Å². The molecule has 6 heteroatoms. The third-order valence-corrected chi connectivity index (χ3v) is 8.21. The zero-order valence-electron chi connectivity index (χ0n) is 21.9. The molecule has 0 radical (unpaired) electrons. The first kappa shape index (κ1) is 25.8. The molecule has 0 saturated heterocycles. The number of hydrogen-bond acceptors (Lipinski definition) is 5. The van der Waals surface area contributed by atoms with Crippen LogP contribution in [0.25, 0.3) is 0 Å². The van der Waals surface area contributed by atoms with Crippen molar-refractivity contribution in [3.8, 4) is 11.5 Å². The number of nitrogens with zero attached hydrogens (tertiary/aromatic N) is 1. The SMILES string of the molecule is CCCN1C2=C(C(=O)CCC2)C(c2cc(Br)c(OCc3ccc(C)cc3)c(OC)c2)C2=C1CCCC2=O. The summed E-state index contributed by atoms with van der Waals surface area (Å²) < 4.78 is 12.7. The van der Waals surface area contributed by atoms with Crippen molar-refractivity contribution in [2.24, 2.45) is 0 Å². The largest absolute Gasteiger partial charge is 0.493 e. The fourth-order valence-corrected chi connectivity index (χ4v) is 6.50. The molecule has 194 valence electrons. The predicted octanol–water partition coefficient (Wildman–Crippen LogP) is 7.17. The molecule has 0 aromatic heterocycles. The van der Waals surface area contributed by atoms with Gasteiger partial charge < -0.3 is 14.4 Å². The second kappa shape index (κ2) is 10.9. The third kappa shape index (κ3) is 4.88. The van der Waals surface area contributed by atoms with E-state index in [1.807, 2.05) is 12.1 Å². The van der Waals surface area contributed by atoms with Crippen molar-refractivity contribution < 1.29 is 19.1 Å². The fourth-order valence-electron chi connectivity index (χ4n) is 5.93. The van der Waals surface area contributed by atoms with Crippen LogP contribution in [-0.2, 0) is 16.2 Å². The Morgan fingerprint density at radius 2 is 1.57 bits per heavy atom. The summed E-state index contributed by atoms with van der Waals surface area (Å²) in [4.78, 5) is 29.2. The van der Waals surface area contributed by atoms with Gasteiger partial charge in [-0.2, -0.15) is 0 Å². The van der Waals surface area contributed by atoms with Gasteiger partial charge in [-0.05, 0) is 78.2 Å². The molecule has 0 bridgehead atoms. The molecule has 2 aromatic rings. The van der Waals surface area contributed by atoms with Gasteiger partial charge in [-0.1, -0.05) is 36.8 Å². The molecular weight excluding hydrogens is 530 g/mol. The normalized spacial score (nSPS) is 18.2. The summed E-state index contributed by atoms with van der Waals surface area (Å²) in [7, 11) is 1.63. The van der Waals surface area contributed by atoms with Gasteiger partial charge in [0, 0.05) is 47.8 Å². The number of methoxy groups -OCH3 is 1. The number of allylic oxidation sites excluding steroid dienone is 4. The summed E-state index contributed by atoms with van der Waals surface area (Å²) in [6, 6.07) is 12.2. The first-order valence-electron chi connectivity index (χ1n) is 13.3. The van der Waals surface area contributed by atoms with E-state index in [1.54, 1.807) is 7.11 Å². The Balaban J connectivity index is 1.59. The molecular formula is C31H34BrNO4. The average molecular weight is 565 g/mol. The molecule has 0 unspecified atom stereocenters. The maximum Gasteiger partial charge on any atom is 0.175 e. The standard InChI is InChI=1S/C31H34BrNO4/c1-4-15-33-23-7-5-9-25(34)29(23)28(30-24(33)8-6-10-26(30)35)21-16-22(32)31(27(17-21)36-3)37-18-20-13-11-19(2)12-14-20/h11-14,16-17,28H,4-10,15,18H2,1-3H3. The van der Waals surface area contributed by atoms with E-state index in [1.165, 1.54) is 5.56 Å². The van der Waals surface area contributed by atoms with E-state index >= 15 is 0 Å². The van der Waals surface area contributed by atoms with Crippen LogP contribution in [0.4, 0.5) is 0 Å². The Hall–Kier alpha value is -2.86. The monoisotopic (exact) mass is 563 g/mol. The topological polar surface area (TPSA) is 55.8 Å². The molecule has 0 fully saturated rings. The van der Waals surface area contributed by atoms with Crippen molar-refractivity contribution in [3.05, 3.63) is 80.1 Å². The summed E-state index contributed by atoms with van der Waals surface area (Å²) in [6.45, 7) is 5.46. The second-order valence-electron chi connectivity index (χ2n) is 10.2. The number of benzene rings is 2. The van der Waals surface area contributed by atoms with Gasteiger partial charge in [-0.3, -0.25) is 9.59 Å². The van der Waals surface area contributed by atoms with Gasteiger partial charge in [0.2, 0.25) is 0 Å². The molecule has 5 nitrogen and oxygen atoms in total. The molecule has 0 amide bonds. The number of carbonyl (C=O) groups is 2. The Morgan fingerprint density at radius 1 is 0.946 bits per heavy atom. The van der Waals surface area contributed by atoms with Crippen LogP contribution in [0.1, 0.15) is 74.5 Å². The molecule has 3 aliphatic rings. The highest BCUT2D eigenvalue weighted by Gasteiger charge is 2.43. The number of Topliss-reactive ketones (excluding diaryl/α,β-unsaturated/α-hetero) is 2. The van der Waals surface area contributed by atoms with E-state index in [0.717, 1.165) is 76.8 Å². The summed E-state index contributed by atoms with van der Waals surface area (Å²) in [5, 5.41) is 0. The quantitative estimate of drug-likeness (QED) is 0.357. The molecule has 2 aliphatic carbocycles. The molecule has 1 heterocycles. The molecule has 0 N–H and O–H groups in total. The van der Waals surface area contributed by atoms with Crippen LogP contribution in [0.15, 0.2) is 63.4 Å². The van der Waals surface area contributed by atoms with Crippen LogP contribution in [0.3, 0.4) is 0 Å². The number of aryl methyl sites for hydroxylation is 1. The predicted molar refractivity (Wildman–Crippen MR) is 148 cm³/mol. The highest BCUT2D eigenvalue weighted by Crippen LogP contribution is 2.51. The third-order valence-electron chi connectivity index (χ3n) is 7.62. The smallest absolute Gasteiger partial charge is 0.175 e. The van der Waals surface area contributed by atoms with Crippen molar-refractivity contribution in [1.29, 1.82) is 0 Å². The number of rotatable bonds is 7. The highest BCUT2D eigenvalue weighted by molar-refractivity contribution is 9.10. The fraction of sp³-hybridized carbons (Fsp3) is 0.419. The van der Waals surface area contributed by atoms with Gasteiger partial charge in [0.1, 0.15) is 6.61 Å². The number of ketones is 2. The number of ether oxygens (including phenoxy) is 2. The van der Waals surface area contributed by atoms with E-state index in [2.05, 4.69) is 58.9 Å². The van der Waals surface area contributed by atoms with Crippen molar-refractivity contribution in [1.82, 2.24) is 4.90 Å². The lowest BCUT2D eigenvalue weighted by molar-refractivity contribution is -0.117. The van der Waals surface area contributed by atoms with E-state index in [9.17, 15) is 9.59 Å². The van der Waals surface area contributed by atoms with E-state index in [0.29, 0.717) is 30.9 Å². The van der Waals surface area contributed by atoms with E-state index < -0.39 is 0 Å². The molecule has 0 saturated carbocycles. The van der Waals surface area contributed by atoms with Crippen molar-refractivity contribution in [3.63, 3.8) is 0 Å². The minimum absolute atomic E-state index is 0.159. The lowest BCUT2D eigenvalue weighted by Gasteiger charge is -2.44. The molecule has 0 spiro atoms. The Bertz CT molecular complexity index is 1250. The summed E-state index contributed by atoms with van der Waals surface area (Å²) in [6.07, 6.45) is 5.49. The minimum atomic E-state index is -0.366. The number of hydrogen-bond donors (Lipinski definition) is 0. The summed E-state index contributed by atoms with van der Waals surface area (Å²) in [5.74, 6) is 1.15. The number of carbonyl (C=O) groups excluding carboxylic acids is 2. The maximum absolute atomic E-state index is 13.4. The minimum Gasteiger partial charge on any atom is -0.493 e. The van der Waals surface area contributed by atoms with E-state index in [4.69, 9.17) is 9.47 Å². The van der Waals surface area contributed by atoms with Crippen molar-refractivity contribution in [2.45, 2.75) is 71.3 Å². The first-order chi connectivity index (χ1) is 17.9. The highest BCUT2D eigenvalue weighted by atomic mass is 79.9. The molecule has 0 atom stereocenters. The molecule has 37 heavy (non-hydrogen) atoms.